The first-order valence-corrected chi connectivity index (χ1v) is 11.6. The van der Waals surface area contributed by atoms with Gasteiger partial charge in [0.2, 0.25) is 11.8 Å². The third-order valence-corrected chi connectivity index (χ3v) is 7.29. The van der Waals surface area contributed by atoms with Gasteiger partial charge in [-0.25, -0.2) is 0 Å². The van der Waals surface area contributed by atoms with Crippen molar-refractivity contribution in [2.24, 2.45) is 0 Å². The molecule has 0 radical (unpaired) electrons. The summed E-state index contributed by atoms with van der Waals surface area (Å²) in [5.41, 5.74) is 1.82. The van der Waals surface area contributed by atoms with Crippen LogP contribution < -0.4 is 10.1 Å². The molecule has 2 atom stereocenters. The Morgan fingerprint density at radius 2 is 1.97 bits per heavy atom. The first-order valence-electron chi connectivity index (χ1n) is 12.3. The molecule has 0 unspecified atom stereocenters. The van der Waals surface area contributed by atoms with Crippen molar-refractivity contribution in [2.45, 2.75) is 62.9 Å². The van der Waals surface area contributed by atoms with Crippen LogP contribution in [0.25, 0.3) is 10.9 Å². The Morgan fingerprint density at radius 1 is 1.18 bits per heavy atom. The molecule has 2 aliphatic rings. The van der Waals surface area contributed by atoms with E-state index in [1.54, 1.807) is 18.2 Å². The number of rotatable bonds is 5. The lowest BCUT2D eigenvalue weighted by Gasteiger charge is -2.37. The van der Waals surface area contributed by atoms with Crippen LogP contribution in [0, 0.1) is 0 Å². The maximum Gasteiger partial charge on any atom is 0.247 e. The Bertz CT molecular complexity index is 1190. The van der Waals surface area contributed by atoms with Gasteiger partial charge in [-0.3, -0.25) is 14.7 Å². The number of methoxy groups -OCH3 is 1. The van der Waals surface area contributed by atoms with Crippen LogP contribution in [0.3, 0.4) is 0 Å². The van der Waals surface area contributed by atoms with E-state index in [1.807, 2.05) is 42.5 Å². The monoisotopic (exact) mass is 447 g/mol. The van der Waals surface area contributed by atoms with Crippen molar-refractivity contribution in [3.8, 4) is 5.75 Å². The fourth-order valence-corrected chi connectivity index (χ4v) is 5.50. The summed E-state index contributed by atoms with van der Waals surface area (Å²) in [7, 11) is 1.63. The van der Waals surface area contributed by atoms with Crippen molar-refractivity contribution in [3.05, 3.63) is 54.2 Å². The quantitative estimate of drug-likeness (QED) is 0.607. The largest absolute Gasteiger partial charge is 0.497 e. The smallest absolute Gasteiger partial charge is 0.247 e. The topological polar surface area (TPSA) is 87.3 Å². The third kappa shape index (κ3) is 3.65. The lowest BCUT2D eigenvalue weighted by atomic mass is 9.77. The molecule has 5 rings (SSSR count). The summed E-state index contributed by atoms with van der Waals surface area (Å²) in [6, 6.07) is 12.5. The van der Waals surface area contributed by atoms with Crippen LogP contribution in [0.15, 0.2) is 48.7 Å². The Labute approximate surface area is 194 Å². The second kappa shape index (κ2) is 8.54. The van der Waals surface area contributed by atoms with E-state index < -0.39 is 11.5 Å². The van der Waals surface area contributed by atoms with Crippen LogP contribution in [0.2, 0.25) is 0 Å². The molecule has 33 heavy (non-hydrogen) atoms. The molecule has 172 valence electrons. The number of nitrogens with one attached hydrogen (secondary N) is 2. The van der Waals surface area contributed by atoms with Gasteiger partial charge in [0, 0.05) is 12.8 Å². The summed E-state index contributed by atoms with van der Waals surface area (Å²) in [5, 5.41) is 10.8. The van der Waals surface area contributed by atoms with Gasteiger partial charge in [-0.05, 0) is 62.4 Å². The molecule has 1 saturated carbocycles. The van der Waals surface area contributed by atoms with Gasteiger partial charge in [-0.15, -0.1) is 0 Å². The van der Waals surface area contributed by atoms with Gasteiger partial charge in [-0.2, -0.15) is 5.10 Å². The molecule has 0 spiro atoms. The van der Waals surface area contributed by atoms with Gasteiger partial charge >= 0.3 is 0 Å². The van der Waals surface area contributed by atoms with E-state index in [9.17, 15) is 9.59 Å². The van der Waals surface area contributed by atoms with Crippen LogP contribution in [-0.4, -0.2) is 46.1 Å². The van der Waals surface area contributed by atoms with E-state index in [0.717, 1.165) is 47.9 Å². The molecule has 2 N–H and O–H groups in total. The molecule has 0 bridgehead atoms. The van der Waals surface area contributed by atoms with Crippen LogP contribution in [0.5, 0.6) is 5.75 Å². The number of H-pyrrole nitrogens is 1. The number of carbonyl (C=O) groups is 2. The third-order valence-electron chi connectivity index (χ3n) is 7.29. The van der Waals surface area contributed by atoms with Crippen molar-refractivity contribution in [3.63, 3.8) is 0 Å². The standard InChI is InChI=1S/C26H30N4O3/c1-17-8-13-23(24(31)28-21-6-5-7-22-20(21)16-27-29-22)30(17)25(32)26(14-3-4-15-26)18-9-11-19(33-2)12-10-18/h5-7,9-12,16-17,23H,3-4,8,13-15H2,1-2H3,(H,27,29)(H,28,31)/t17-,23+/m1/s1/i1D. The predicted molar refractivity (Wildman–Crippen MR) is 127 cm³/mol. The second-order valence-corrected chi connectivity index (χ2v) is 9.10. The zero-order valence-electron chi connectivity index (χ0n) is 19.8. The number of carbonyl (C=O) groups excluding carboxylic acids is 2. The first kappa shape index (κ1) is 20.3. The summed E-state index contributed by atoms with van der Waals surface area (Å²) in [4.78, 5) is 29.5. The van der Waals surface area contributed by atoms with Crippen molar-refractivity contribution in [1.29, 1.82) is 0 Å². The molecule has 2 heterocycles. The number of hydrogen-bond acceptors (Lipinski definition) is 4. The zero-order chi connectivity index (χ0) is 23.7. The van der Waals surface area contributed by atoms with Gasteiger partial charge in [0.25, 0.3) is 0 Å². The number of aromatic nitrogens is 2. The Balaban J connectivity index is 1.45. The second-order valence-electron chi connectivity index (χ2n) is 9.10. The molecule has 1 aromatic heterocycles. The minimum atomic E-state index is -0.660. The van der Waals surface area contributed by atoms with E-state index in [2.05, 4.69) is 15.5 Å². The van der Waals surface area contributed by atoms with Gasteiger partial charge in [-0.1, -0.05) is 31.0 Å². The lowest BCUT2D eigenvalue weighted by Crippen LogP contribution is -2.53. The molecule has 7 heteroatoms. The molecular formula is C26H30N4O3. The Kier molecular flexibility index (Phi) is 5.24. The molecule has 1 aliphatic carbocycles. The van der Waals surface area contributed by atoms with E-state index in [-0.39, 0.29) is 24.8 Å². The van der Waals surface area contributed by atoms with Gasteiger partial charge in [0.05, 0.1) is 29.9 Å². The van der Waals surface area contributed by atoms with Crippen molar-refractivity contribution in [2.75, 3.05) is 12.4 Å². The maximum atomic E-state index is 14.2. The molecule has 3 aromatic rings. The predicted octanol–water partition coefficient (Wildman–Crippen LogP) is 4.40. The number of hydrogen-bond donors (Lipinski definition) is 2. The van der Waals surface area contributed by atoms with Gasteiger partial charge < -0.3 is 15.0 Å². The zero-order valence-corrected chi connectivity index (χ0v) is 18.8. The fraction of sp³-hybridized carbons (Fsp3) is 0.423. The molecule has 2 aromatic carbocycles. The van der Waals surface area contributed by atoms with Crippen molar-refractivity contribution in [1.82, 2.24) is 15.1 Å². The number of fused-ring (bicyclic) bond motifs is 1. The summed E-state index contributed by atoms with van der Waals surface area (Å²) in [5.74, 6) is 0.521. The summed E-state index contributed by atoms with van der Waals surface area (Å²) >= 11 is 0. The van der Waals surface area contributed by atoms with E-state index >= 15 is 0 Å². The highest BCUT2D eigenvalue weighted by Crippen LogP contribution is 2.45. The van der Waals surface area contributed by atoms with Crippen LogP contribution in [-0.2, 0) is 15.0 Å². The van der Waals surface area contributed by atoms with Crippen molar-refractivity contribution >= 4 is 28.4 Å². The molecule has 2 fully saturated rings. The molecular weight excluding hydrogens is 416 g/mol. The minimum Gasteiger partial charge on any atom is -0.497 e. The van der Waals surface area contributed by atoms with E-state index in [0.29, 0.717) is 18.5 Å². The van der Waals surface area contributed by atoms with Crippen LogP contribution >= 0.6 is 0 Å². The first-order chi connectivity index (χ1) is 16.6. The highest BCUT2D eigenvalue weighted by molar-refractivity contribution is 6.04. The molecule has 7 nitrogen and oxygen atoms in total. The number of anilines is 1. The van der Waals surface area contributed by atoms with Crippen LogP contribution in [0.4, 0.5) is 5.69 Å². The summed E-state index contributed by atoms with van der Waals surface area (Å²) in [6.45, 7) is 0.0888. The lowest BCUT2D eigenvalue weighted by molar-refractivity contribution is -0.143. The number of aromatic amines is 1. The number of ether oxygens (including phenoxy) is 1. The average molecular weight is 448 g/mol. The summed E-state index contributed by atoms with van der Waals surface area (Å²) in [6.07, 6.45) is 6.34. The maximum absolute atomic E-state index is 14.2. The fourth-order valence-electron chi connectivity index (χ4n) is 5.50. The number of benzene rings is 2. The normalized spacial score (nSPS) is 22.3. The number of likely N-dealkylation sites (tertiary alicyclic amines) is 1. The highest BCUT2D eigenvalue weighted by Gasteiger charge is 2.50. The van der Waals surface area contributed by atoms with E-state index in [4.69, 9.17) is 6.11 Å². The molecule has 1 saturated heterocycles. The summed E-state index contributed by atoms with van der Waals surface area (Å²) < 4.78 is 13.4. The Morgan fingerprint density at radius 3 is 2.70 bits per heavy atom. The minimum absolute atomic E-state index is 0.0217. The SMILES string of the molecule is [2H]C[C@@H]1CC[C@@H](C(=O)Nc2cccc3[nH]ncc23)N1C(=O)C1(c2ccc(OC)cc2)CCCC1. The number of amides is 2. The number of nitrogens with zero attached hydrogens (tertiary/aromatic N) is 2. The van der Waals surface area contributed by atoms with Crippen molar-refractivity contribution < 1.29 is 15.7 Å². The van der Waals surface area contributed by atoms with E-state index in [1.165, 1.54) is 0 Å². The molecule has 2 amide bonds. The van der Waals surface area contributed by atoms with Crippen LogP contribution in [0.1, 0.15) is 52.4 Å². The average Bonchev–Trinajstić information content (AvgIpc) is 3.63. The van der Waals surface area contributed by atoms with Gasteiger partial charge in [0.1, 0.15) is 11.8 Å². The Hall–Kier alpha value is -3.35. The molecule has 1 aliphatic heterocycles. The highest BCUT2D eigenvalue weighted by atomic mass is 16.5. The van der Waals surface area contributed by atoms with Gasteiger partial charge in [0.15, 0.2) is 0 Å².